The molecule has 2 aliphatic heterocycles. The maximum absolute atomic E-state index is 12.7. The molecule has 1 aromatic heterocycles. The number of hydrogen-bond donors (Lipinski definition) is 2. The van der Waals surface area contributed by atoms with Gasteiger partial charge in [-0.3, -0.25) is 4.79 Å². The first-order chi connectivity index (χ1) is 13.0. The summed E-state index contributed by atoms with van der Waals surface area (Å²) in [5.74, 6) is 0.864. The molecule has 0 saturated heterocycles. The lowest BCUT2D eigenvalue weighted by Crippen LogP contribution is -2.37. The molecule has 8 heteroatoms. The van der Waals surface area contributed by atoms with Crippen LogP contribution in [0.1, 0.15) is 50.5 Å². The van der Waals surface area contributed by atoms with Gasteiger partial charge in [0.05, 0.1) is 36.1 Å². The lowest BCUT2D eigenvalue weighted by atomic mass is 9.88. The molecule has 7 nitrogen and oxygen atoms in total. The number of fused-ring (bicyclic) bond motifs is 1. The number of carbonyl (C=O) groups is 1. The summed E-state index contributed by atoms with van der Waals surface area (Å²) in [5, 5.41) is 3.81. The van der Waals surface area contributed by atoms with Gasteiger partial charge in [0, 0.05) is 12.2 Å². The quantitative estimate of drug-likeness (QED) is 0.826. The molecule has 0 saturated carbocycles. The molecule has 2 aliphatic rings. The highest BCUT2D eigenvalue weighted by Crippen LogP contribution is 2.37. The number of ether oxygens (including phenoxy) is 1. The molecule has 3 N–H and O–H groups in total. The number of aromatic nitrogens is 2. The zero-order valence-electron chi connectivity index (χ0n) is 15.4. The molecule has 1 aromatic carbocycles. The number of nitrogens with one attached hydrogen (secondary N) is 1. The van der Waals surface area contributed by atoms with E-state index < -0.39 is 0 Å². The molecule has 1 unspecified atom stereocenters. The fraction of sp³-hybridized carbons (Fsp3) is 0.368. The lowest BCUT2D eigenvalue weighted by Gasteiger charge is -2.28. The van der Waals surface area contributed by atoms with Gasteiger partial charge in [-0.05, 0) is 25.0 Å². The molecule has 0 fully saturated rings. The van der Waals surface area contributed by atoms with E-state index in [0.717, 1.165) is 22.4 Å². The van der Waals surface area contributed by atoms with Crippen LogP contribution in [-0.4, -0.2) is 34.0 Å². The molecule has 1 amide bonds. The van der Waals surface area contributed by atoms with Gasteiger partial charge in [-0.25, -0.2) is 15.0 Å². The van der Waals surface area contributed by atoms with Gasteiger partial charge in [0.2, 0.25) is 11.2 Å². The van der Waals surface area contributed by atoms with Crippen molar-refractivity contribution in [1.29, 1.82) is 0 Å². The van der Waals surface area contributed by atoms with Crippen LogP contribution in [0.5, 0.6) is 0 Å². The smallest absolute Gasteiger partial charge is 0.255 e. The Morgan fingerprint density at radius 2 is 2.07 bits per heavy atom. The Morgan fingerprint density at radius 3 is 2.81 bits per heavy atom. The number of aryl methyl sites for hydroxylation is 2. The van der Waals surface area contributed by atoms with Gasteiger partial charge in [0.1, 0.15) is 0 Å². The van der Waals surface area contributed by atoms with E-state index in [4.69, 9.17) is 10.5 Å². The summed E-state index contributed by atoms with van der Waals surface area (Å²) in [4.78, 5) is 25.8. The van der Waals surface area contributed by atoms with Crippen molar-refractivity contribution in [3.63, 3.8) is 0 Å². The SMILES string of the molecule is COC1=NC(c2cc(C)ccc2[C@H]2Cc3nc(N)nc(C)c3C(=O)N2)CS1. The van der Waals surface area contributed by atoms with Crippen LogP contribution in [0.2, 0.25) is 0 Å². The van der Waals surface area contributed by atoms with Crippen LogP contribution in [0.15, 0.2) is 23.2 Å². The van der Waals surface area contributed by atoms with Crippen molar-refractivity contribution in [3.8, 4) is 0 Å². The number of nitrogen functional groups attached to an aromatic ring is 1. The van der Waals surface area contributed by atoms with Gasteiger partial charge in [-0.1, -0.05) is 35.5 Å². The van der Waals surface area contributed by atoms with Crippen LogP contribution >= 0.6 is 11.8 Å². The third-order valence-electron chi connectivity index (χ3n) is 4.89. The van der Waals surface area contributed by atoms with Gasteiger partial charge in [0.15, 0.2) is 0 Å². The summed E-state index contributed by atoms with van der Waals surface area (Å²) in [7, 11) is 1.64. The number of methoxy groups -OCH3 is 1. The van der Waals surface area contributed by atoms with E-state index in [2.05, 4.69) is 45.4 Å². The molecule has 3 heterocycles. The average molecular weight is 383 g/mol. The summed E-state index contributed by atoms with van der Waals surface area (Å²) in [6.45, 7) is 3.84. The summed E-state index contributed by atoms with van der Waals surface area (Å²) >= 11 is 1.60. The molecule has 0 bridgehead atoms. The second-order valence-corrected chi connectivity index (χ2v) is 7.75. The van der Waals surface area contributed by atoms with E-state index in [9.17, 15) is 4.79 Å². The first-order valence-electron chi connectivity index (χ1n) is 8.75. The predicted octanol–water partition coefficient (Wildman–Crippen LogP) is 2.49. The maximum Gasteiger partial charge on any atom is 0.255 e. The number of nitrogens with two attached hydrogens (primary N) is 1. The second kappa shape index (κ2) is 6.84. The van der Waals surface area contributed by atoms with Gasteiger partial charge < -0.3 is 15.8 Å². The van der Waals surface area contributed by atoms with E-state index in [1.165, 1.54) is 0 Å². The summed E-state index contributed by atoms with van der Waals surface area (Å²) in [6, 6.07) is 6.10. The van der Waals surface area contributed by atoms with E-state index in [0.29, 0.717) is 28.6 Å². The Kier molecular flexibility index (Phi) is 4.51. The molecular formula is C19H21N5O2S. The minimum atomic E-state index is -0.180. The summed E-state index contributed by atoms with van der Waals surface area (Å²) < 4.78 is 5.28. The van der Waals surface area contributed by atoms with Gasteiger partial charge in [-0.2, -0.15) is 0 Å². The summed E-state index contributed by atoms with van der Waals surface area (Å²) in [6.07, 6.45) is 0.575. The Morgan fingerprint density at radius 1 is 1.26 bits per heavy atom. The van der Waals surface area contributed by atoms with E-state index >= 15 is 0 Å². The zero-order chi connectivity index (χ0) is 19.1. The first-order valence-corrected chi connectivity index (χ1v) is 9.73. The molecule has 4 rings (SSSR count). The number of thioether (sulfide) groups is 1. The Bertz CT molecular complexity index is 959. The molecule has 27 heavy (non-hydrogen) atoms. The molecule has 140 valence electrons. The Balaban J connectivity index is 1.74. The van der Waals surface area contributed by atoms with Crippen molar-refractivity contribution < 1.29 is 9.53 Å². The topological polar surface area (TPSA) is 102 Å². The maximum atomic E-state index is 12.7. The third kappa shape index (κ3) is 3.25. The van der Waals surface area contributed by atoms with Crippen molar-refractivity contribution in [3.05, 3.63) is 51.8 Å². The number of carbonyl (C=O) groups excluding carboxylic acids is 1. The van der Waals surface area contributed by atoms with Gasteiger partial charge in [0.25, 0.3) is 5.91 Å². The van der Waals surface area contributed by atoms with Crippen LogP contribution in [0.3, 0.4) is 0 Å². The van der Waals surface area contributed by atoms with Crippen molar-refractivity contribution in [2.24, 2.45) is 4.99 Å². The number of benzene rings is 1. The summed E-state index contributed by atoms with van der Waals surface area (Å²) in [5.41, 5.74) is 11.0. The largest absolute Gasteiger partial charge is 0.476 e. The minimum absolute atomic E-state index is 0.00959. The minimum Gasteiger partial charge on any atom is -0.476 e. The van der Waals surface area contributed by atoms with Crippen molar-refractivity contribution >= 4 is 28.8 Å². The van der Waals surface area contributed by atoms with Crippen LogP contribution in [0.25, 0.3) is 0 Å². The molecular weight excluding hydrogens is 362 g/mol. The lowest BCUT2D eigenvalue weighted by molar-refractivity contribution is 0.0922. The van der Waals surface area contributed by atoms with Crippen LogP contribution in [0.4, 0.5) is 5.95 Å². The zero-order valence-corrected chi connectivity index (χ0v) is 16.3. The number of rotatable bonds is 2. The molecule has 2 aromatic rings. The first kappa shape index (κ1) is 17.8. The van der Waals surface area contributed by atoms with E-state index in [-0.39, 0.29) is 23.9 Å². The highest BCUT2D eigenvalue weighted by Gasteiger charge is 2.32. The fourth-order valence-electron chi connectivity index (χ4n) is 3.68. The number of hydrogen-bond acceptors (Lipinski definition) is 7. The number of nitrogens with zero attached hydrogens (tertiary/aromatic N) is 3. The Hall–Kier alpha value is -2.61. The average Bonchev–Trinajstić information content (AvgIpc) is 3.09. The number of aliphatic imine (C=N–C) groups is 1. The number of amides is 1. The van der Waals surface area contributed by atoms with Crippen molar-refractivity contribution in [2.75, 3.05) is 18.6 Å². The van der Waals surface area contributed by atoms with Crippen LogP contribution in [0, 0.1) is 13.8 Å². The molecule has 2 atom stereocenters. The molecule has 0 radical (unpaired) electrons. The van der Waals surface area contributed by atoms with Crippen LogP contribution < -0.4 is 11.1 Å². The van der Waals surface area contributed by atoms with Crippen molar-refractivity contribution in [2.45, 2.75) is 32.4 Å². The molecule has 0 aliphatic carbocycles. The monoisotopic (exact) mass is 383 g/mol. The molecule has 0 spiro atoms. The fourth-order valence-corrected chi connectivity index (χ4v) is 4.56. The van der Waals surface area contributed by atoms with E-state index in [1.807, 2.05) is 0 Å². The standard InChI is InChI=1S/C19H21N5O2S/c1-9-4-5-11(12(6-9)15-8-27-19(24-15)26-3)13-7-14-16(17(25)22-13)10(2)21-18(20)23-14/h4-6,13,15H,7-8H2,1-3H3,(H,22,25)(H2,20,21,23)/t13-,15?/m1/s1. The number of anilines is 1. The van der Waals surface area contributed by atoms with Crippen LogP contribution in [-0.2, 0) is 11.2 Å². The van der Waals surface area contributed by atoms with E-state index in [1.54, 1.807) is 25.8 Å². The highest BCUT2D eigenvalue weighted by atomic mass is 32.2. The second-order valence-electron chi connectivity index (χ2n) is 6.78. The Labute approximate surface area is 161 Å². The van der Waals surface area contributed by atoms with Gasteiger partial charge in [-0.15, -0.1) is 0 Å². The van der Waals surface area contributed by atoms with Crippen molar-refractivity contribution in [1.82, 2.24) is 15.3 Å². The highest BCUT2D eigenvalue weighted by molar-refractivity contribution is 8.13. The van der Waals surface area contributed by atoms with Gasteiger partial charge >= 0.3 is 0 Å². The predicted molar refractivity (Wildman–Crippen MR) is 106 cm³/mol. The normalized spacial score (nSPS) is 21.4. The third-order valence-corrected chi connectivity index (χ3v) is 5.89.